The minimum Gasteiger partial charge on any atom is -0.463 e. The number of aliphatic hydroxyl groups excluding tert-OH is 1. The summed E-state index contributed by atoms with van der Waals surface area (Å²) in [5.41, 5.74) is 0.816. The highest BCUT2D eigenvalue weighted by Crippen LogP contribution is 2.93. The second-order valence-corrected chi connectivity index (χ2v) is 9.37. The van der Waals surface area contributed by atoms with E-state index in [1.165, 1.54) is 5.57 Å². The molecule has 8 atom stereocenters. The van der Waals surface area contributed by atoms with Crippen molar-refractivity contribution in [2.24, 2.45) is 28.1 Å². The molecule has 1 heterocycles. The van der Waals surface area contributed by atoms with E-state index in [4.69, 9.17) is 9.47 Å². The van der Waals surface area contributed by atoms with E-state index in [0.29, 0.717) is 24.9 Å². The molecule has 0 amide bonds. The molecular formula is C20H22O5. The van der Waals surface area contributed by atoms with Crippen molar-refractivity contribution in [2.75, 3.05) is 6.61 Å². The first-order valence-corrected chi connectivity index (χ1v) is 9.24. The quantitative estimate of drug-likeness (QED) is 0.478. The lowest BCUT2D eigenvalue weighted by Gasteiger charge is -2.68. The first-order chi connectivity index (χ1) is 11.9. The van der Waals surface area contributed by atoms with Gasteiger partial charge < -0.3 is 14.6 Å². The van der Waals surface area contributed by atoms with Crippen LogP contribution in [0.1, 0.15) is 32.6 Å². The summed E-state index contributed by atoms with van der Waals surface area (Å²) in [4.78, 5) is 24.4. The second-order valence-electron chi connectivity index (χ2n) is 9.37. The van der Waals surface area contributed by atoms with Crippen molar-refractivity contribution < 1.29 is 24.2 Å². The molecule has 0 radical (unpaired) electrons. The minimum atomic E-state index is -0.643. The molecule has 5 heteroatoms. The summed E-state index contributed by atoms with van der Waals surface area (Å²) < 4.78 is 11.5. The van der Waals surface area contributed by atoms with Gasteiger partial charge in [0, 0.05) is 23.5 Å². The van der Waals surface area contributed by atoms with Gasteiger partial charge in [-0.25, -0.2) is 0 Å². The van der Waals surface area contributed by atoms with Crippen LogP contribution in [0.25, 0.3) is 0 Å². The Morgan fingerprint density at radius 2 is 2.28 bits per heavy atom. The molecule has 132 valence electrons. The Balaban J connectivity index is 1.55. The Labute approximate surface area is 146 Å². The Bertz CT molecular complexity index is 800. The fourth-order valence-electron chi connectivity index (χ4n) is 7.73. The molecule has 4 saturated carbocycles. The number of carbonyl (C=O) groups excluding carboxylic acids is 2. The molecule has 1 N–H and O–H groups in total. The van der Waals surface area contributed by atoms with Crippen LogP contribution in [0.2, 0.25) is 0 Å². The van der Waals surface area contributed by atoms with E-state index in [0.717, 1.165) is 12.8 Å². The zero-order valence-corrected chi connectivity index (χ0v) is 14.3. The molecule has 7 aliphatic rings. The summed E-state index contributed by atoms with van der Waals surface area (Å²) in [6.07, 6.45) is 4.94. The van der Waals surface area contributed by atoms with E-state index in [1.807, 2.05) is 6.08 Å². The standard InChI is InChI=1S/C20H22O5/c1-10-5-11-7-18(15(10)23)13(24-9-22)6-12-17(2,8-21)3-4-19-16(25-19)20(12,19)14(11)18/h5,9,12-14,16,21H,1,3-4,6-8H2,2H3/t12?,13-,14?,16?,17+,18+,19+,20-/m1/s1. The number of carbonyl (C=O) groups is 2. The fraction of sp³-hybridized carbons (Fsp3) is 0.700. The number of allylic oxidation sites excluding steroid dienone is 3. The largest absolute Gasteiger partial charge is 0.463 e. The Hall–Kier alpha value is -1.46. The Morgan fingerprint density at radius 1 is 1.48 bits per heavy atom. The molecule has 2 bridgehead atoms. The number of Topliss-reactive ketones (excluding diaryl/α,β-unsaturated/α-hetero) is 1. The Kier molecular flexibility index (Phi) is 2.23. The molecule has 1 aliphatic heterocycles. The van der Waals surface area contributed by atoms with E-state index in [2.05, 4.69) is 13.5 Å². The van der Waals surface area contributed by atoms with Crippen LogP contribution in [0.4, 0.5) is 0 Å². The van der Waals surface area contributed by atoms with Crippen LogP contribution < -0.4 is 0 Å². The van der Waals surface area contributed by atoms with Gasteiger partial charge >= 0.3 is 0 Å². The summed E-state index contributed by atoms with van der Waals surface area (Å²) in [6.45, 7) is 6.68. The highest BCUT2D eigenvalue weighted by molar-refractivity contribution is 6.07. The summed E-state index contributed by atoms with van der Waals surface area (Å²) in [7, 11) is 0. The van der Waals surface area contributed by atoms with E-state index in [-0.39, 0.29) is 46.8 Å². The first kappa shape index (κ1) is 14.7. The summed E-state index contributed by atoms with van der Waals surface area (Å²) in [6, 6.07) is 0. The third kappa shape index (κ3) is 1.16. The van der Waals surface area contributed by atoms with Gasteiger partial charge in [-0.05, 0) is 37.0 Å². The zero-order valence-electron chi connectivity index (χ0n) is 14.3. The number of rotatable bonds is 3. The van der Waals surface area contributed by atoms with Crippen molar-refractivity contribution in [2.45, 2.75) is 50.4 Å². The predicted molar refractivity (Wildman–Crippen MR) is 86.3 cm³/mol. The minimum absolute atomic E-state index is 0.0462. The Morgan fingerprint density at radius 3 is 2.96 bits per heavy atom. The number of ether oxygens (including phenoxy) is 2. The first-order valence-electron chi connectivity index (χ1n) is 9.24. The average Bonchev–Trinajstić information content (AvgIpc) is 3.44. The number of epoxide rings is 1. The molecule has 5 nitrogen and oxygen atoms in total. The summed E-state index contributed by atoms with van der Waals surface area (Å²) in [5.74, 6) is 0.347. The maximum Gasteiger partial charge on any atom is 0.293 e. The highest BCUT2D eigenvalue weighted by Gasteiger charge is 3.01. The topological polar surface area (TPSA) is 76.1 Å². The normalized spacial score (nSPS) is 59.4. The fourth-order valence-corrected chi connectivity index (χ4v) is 7.73. The van der Waals surface area contributed by atoms with Gasteiger partial charge in [0.1, 0.15) is 11.7 Å². The molecule has 0 aromatic carbocycles. The number of aliphatic hydroxyl groups is 1. The van der Waals surface area contributed by atoms with E-state index in [1.54, 1.807) is 0 Å². The molecule has 1 saturated heterocycles. The van der Waals surface area contributed by atoms with Gasteiger partial charge in [0.15, 0.2) is 5.78 Å². The van der Waals surface area contributed by atoms with Crippen LogP contribution in [0.15, 0.2) is 23.8 Å². The van der Waals surface area contributed by atoms with Crippen molar-refractivity contribution in [1.29, 1.82) is 0 Å². The number of hydrogen-bond acceptors (Lipinski definition) is 5. The van der Waals surface area contributed by atoms with Crippen LogP contribution in [0, 0.1) is 28.1 Å². The van der Waals surface area contributed by atoms with Crippen molar-refractivity contribution in [3.8, 4) is 0 Å². The van der Waals surface area contributed by atoms with Gasteiger partial charge in [-0.2, -0.15) is 0 Å². The molecule has 5 fully saturated rings. The SMILES string of the molecule is C=C1C=C2C[C@@]3(C1=O)C2[C@@]12C(C[C@H]3OC=O)[C@](C)(CO)CC[C@@]13OC23. The van der Waals surface area contributed by atoms with Crippen molar-refractivity contribution in [1.82, 2.24) is 0 Å². The second kappa shape index (κ2) is 3.79. The molecule has 7 rings (SSSR count). The lowest BCUT2D eigenvalue weighted by molar-refractivity contribution is -0.231. The molecule has 6 aliphatic carbocycles. The lowest BCUT2D eigenvalue weighted by Crippen LogP contribution is -2.71. The van der Waals surface area contributed by atoms with E-state index in [9.17, 15) is 14.7 Å². The van der Waals surface area contributed by atoms with Crippen molar-refractivity contribution in [3.63, 3.8) is 0 Å². The highest BCUT2D eigenvalue weighted by atomic mass is 16.7. The third-order valence-electron chi connectivity index (χ3n) is 8.80. The van der Waals surface area contributed by atoms with E-state index >= 15 is 0 Å². The van der Waals surface area contributed by atoms with Crippen LogP contribution in [-0.2, 0) is 19.1 Å². The number of hydrogen-bond donors (Lipinski definition) is 1. The summed E-state index contributed by atoms with van der Waals surface area (Å²) >= 11 is 0. The smallest absolute Gasteiger partial charge is 0.293 e. The summed E-state index contributed by atoms with van der Waals surface area (Å²) in [5, 5.41) is 10.2. The molecule has 3 spiro atoms. The van der Waals surface area contributed by atoms with Gasteiger partial charge in [0.25, 0.3) is 6.47 Å². The van der Waals surface area contributed by atoms with Crippen LogP contribution >= 0.6 is 0 Å². The molecule has 0 aromatic heterocycles. The van der Waals surface area contributed by atoms with Crippen molar-refractivity contribution >= 4 is 12.3 Å². The maximum absolute atomic E-state index is 13.2. The van der Waals surface area contributed by atoms with Gasteiger partial charge in [0.05, 0.1) is 11.5 Å². The van der Waals surface area contributed by atoms with Gasteiger partial charge in [-0.15, -0.1) is 0 Å². The predicted octanol–water partition coefficient (Wildman–Crippen LogP) is 1.55. The van der Waals surface area contributed by atoms with E-state index < -0.39 is 11.5 Å². The molecular weight excluding hydrogens is 320 g/mol. The monoisotopic (exact) mass is 342 g/mol. The number of ketones is 1. The van der Waals surface area contributed by atoms with Crippen LogP contribution in [-0.4, -0.2) is 41.8 Å². The average molecular weight is 342 g/mol. The lowest BCUT2D eigenvalue weighted by atomic mass is 9.35. The zero-order chi connectivity index (χ0) is 17.4. The number of fused-ring (bicyclic) bond motifs is 2. The maximum atomic E-state index is 13.2. The van der Waals surface area contributed by atoms with Gasteiger partial charge in [0.2, 0.25) is 0 Å². The van der Waals surface area contributed by atoms with Crippen LogP contribution in [0.3, 0.4) is 0 Å². The van der Waals surface area contributed by atoms with Gasteiger partial charge in [-0.3, -0.25) is 9.59 Å². The van der Waals surface area contributed by atoms with Gasteiger partial charge in [-0.1, -0.05) is 25.2 Å². The van der Waals surface area contributed by atoms with Crippen LogP contribution in [0.5, 0.6) is 0 Å². The third-order valence-corrected chi connectivity index (χ3v) is 8.80. The molecule has 25 heavy (non-hydrogen) atoms. The molecule has 3 unspecified atom stereocenters. The van der Waals surface area contributed by atoms with Crippen molar-refractivity contribution in [3.05, 3.63) is 23.8 Å². The molecule has 0 aromatic rings.